The molecule has 2 aromatic rings. The Kier molecular flexibility index (Phi) is 5.63. The van der Waals surface area contributed by atoms with Crippen LogP contribution in [0.5, 0.6) is 5.75 Å². The number of ether oxygens (including phenoxy) is 1. The van der Waals surface area contributed by atoms with Crippen LogP contribution in [0.3, 0.4) is 0 Å². The third-order valence-corrected chi connectivity index (χ3v) is 5.28. The van der Waals surface area contributed by atoms with Crippen LogP contribution >= 0.6 is 0 Å². The van der Waals surface area contributed by atoms with Crippen LogP contribution < -0.4 is 10.1 Å². The number of furan rings is 1. The molecule has 0 bridgehead atoms. The van der Waals surface area contributed by atoms with Crippen molar-refractivity contribution >= 4 is 15.9 Å². The fourth-order valence-corrected chi connectivity index (χ4v) is 3.35. The van der Waals surface area contributed by atoms with Gasteiger partial charge in [-0.05, 0) is 42.8 Å². The smallest absolute Gasteiger partial charge is 0.243 e. The highest BCUT2D eigenvalue weighted by molar-refractivity contribution is 7.89. The van der Waals surface area contributed by atoms with Gasteiger partial charge in [0, 0.05) is 7.05 Å². The van der Waals surface area contributed by atoms with Gasteiger partial charge in [-0.1, -0.05) is 0 Å². The van der Waals surface area contributed by atoms with Crippen molar-refractivity contribution in [2.75, 3.05) is 20.7 Å². The van der Waals surface area contributed by atoms with Crippen molar-refractivity contribution in [2.24, 2.45) is 0 Å². The monoisotopic (exact) mass is 352 g/mol. The summed E-state index contributed by atoms with van der Waals surface area (Å²) in [6.07, 6.45) is 1.50. The Labute approximate surface area is 141 Å². The number of nitrogens with zero attached hydrogens (tertiary/aromatic N) is 1. The standard InChI is InChI=1S/C16H20N2O5S/c1-12-9-14(6-7-15(12)22-3)24(20,21)18(2)11-16(19)17-10-13-5-4-8-23-13/h4-9H,10-11H2,1-3H3,(H,17,19). The molecule has 0 saturated heterocycles. The molecule has 0 atom stereocenters. The molecule has 0 aliphatic rings. The lowest BCUT2D eigenvalue weighted by Crippen LogP contribution is -2.38. The molecule has 0 aliphatic heterocycles. The third kappa shape index (κ3) is 4.15. The number of benzene rings is 1. The van der Waals surface area contributed by atoms with Crippen LogP contribution in [0.2, 0.25) is 0 Å². The summed E-state index contributed by atoms with van der Waals surface area (Å²) in [6.45, 7) is 1.68. The second kappa shape index (κ2) is 7.50. The molecule has 130 valence electrons. The summed E-state index contributed by atoms with van der Waals surface area (Å²) in [7, 11) is -0.878. The number of sulfonamides is 1. The Morgan fingerprint density at radius 1 is 1.33 bits per heavy atom. The third-order valence-electron chi connectivity index (χ3n) is 3.48. The summed E-state index contributed by atoms with van der Waals surface area (Å²) in [5.41, 5.74) is 0.703. The predicted octanol–water partition coefficient (Wildman–Crippen LogP) is 1.53. The van der Waals surface area contributed by atoms with E-state index >= 15 is 0 Å². The maximum Gasteiger partial charge on any atom is 0.243 e. The number of amides is 1. The van der Waals surface area contributed by atoms with Crippen LogP contribution in [0.4, 0.5) is 0 Å². The molecule has 8 heteroatoms. The minimum absolute atomic E-state index is 0.113. The minimum Gasteiger partial charge on any atom is -0.496 e. The van der Waals surface area contributed by atoms with Crippen molar-refractivity contribution < 1.29 is 22.4 Å². The molecule has 1 aromatic heterocycles. The number of methoxy groups -OCH3 is 1. The SMILES string of the molecule is COc1ccc(S(=O)(=O)N(C)CC(=O)NCc2ccco2)cc1C. The van der Waals surface area contributed by atoms with Crippen LogP contribution in [0.25, 0.3) is 0 Å². The number of likely N-dealkylation sites (N-methyl/N-ethyl adjacent to an activating group) is 1. The molecule has 0 fully saturated rings. The van der Waals surface area contributed by atoms with Crippen molar-refractivity contribution in [3.63, 3.8) is 0 Å². The Bertz CT molecular complexity index is 800. The van der Waals surface area contributed by atoms with Crippen LogP contribution in [-0.4, -0.2) is 39.3 Å². The zero-order chi connectivity index (χ0) is 17.7. The van der Waals surface area contributed by atoms with Gasteiger partial charge in [0.15, 0.2) is 0 Å². The van der Waals surface area contributed by atoms with E-state index in [-0.39, 0.29) is 18.0 Å². The lowest BCUT2D eigenvalue weighted by molar-refractivity contribution is -0.121. The number of hydrogen-bond acceptors (Lipinski definition) is 5. The summed E-state index contributed by atoms with van der Waals surface area (Å²) in [4.78, 5) is 12.0. The molecule has 1 N–H and O–H groups in total. The number of carbonyl (C=O) groups excluding carboxylic acids is 1. The Balaban J connectivity index is 2.02. The van der Waals surface area contributed by atoms with Crippen molar-refractivity contribution in [2.45, 2.75) is 18.4 Å². The lowest BCUT2D eigenvalue weighted by atomic mass is 10.2. The summed E-state index contributed by atoms with van der Waals surface area (Å²) in [6, 6.07) is 8.00. The zero-order valence-electron chi connectivity index (χ0n) is 13.8. The molecular weight excluding hydrogens is 332 g/mol. The van der Waals surface area contributed by atoms with Gasteiger partial charge in [0.25, 0.3) is 0 Å². The molecule has 24 heavy (non-hydrogen) atoms. The van der Waals surface area contributed by atoms with E-state index in [2.05, 4.69) is 5.32 Å². The molecule has 0 aliphatic carbocycles. The molecule has 1 heterocycles. The van der Waals surface area contributed by atoms with Crippen LogP contribution in [0, 0.1) is 6.92 Å². The highest BCUT2D eigenvalue weighted by atomic mass is 32.2. The Morgan fingerprint density at radius 3 is 2.67 bits per heavy atom. The first-order valence-electron chi connectivity index (χ1n) is 7.24. The molecule has 0 spiro atoms. The number of hydrogen-bond donors (Lipinski definition) is 1. The molecular formula is C16H20N2O5S. The second-order valence-electron chi connectivity index (χ2n) is 5.25. The molecule has 7 nitrogen and oxygen atoms in total. The minimum atomic E-state index is -3.76. The van der Waals surface area contributed by atoms with Gasteiger partial charge in [0.2, 0.25) is 15.9 Å². The molecule has 0 radical (unpaired) electrons. The average Bonchev–Trinajstić information content (AvgIpc) is 3.06. The second-order valence-corrected chi connectivity index (χ2v) is 7.29. The summed E-state index contributed by atoms with van der Waals surface area (Å²) in [5, 5.41) is 2.61. The maximum atomic E-state index is 12.5. The Hall–Kier alpha value is -2.32. The molecule has 0 unspecified atom stereocenters. The number of aryl methyl sites for hydroxylation is 1. The largest absolute Gasteiger partial charge is 0.496 e. The maximum absolute atomic E-state index is 12.5. The van der Waals surface area contributed by atoms with Gasteiger partial charge in [-0.25, -0.2) is 8.42 Å². The molecule has 1 amide bonds. The van der Waals surface area contributed by atoms with Crippen LogP contribution in [0.15, 0.2) is 45.9 Å². The first kappa shape index (κ1) is 18.0. The fourth-order valence-electron chi connectivity index (χ4n) is 2.13. The average molecular weight is 352 g/mol. The van der Waals surface area contributed by atoms with Gasteiger partial charge in [-0.15, -0.1) is 0 Å². The van der Waals surface area contributed by atoms with Crippen molar-refractivity contribution in [3.8, 4) is 5.75 Å². The van der Waals surface area contributed by atoms with Gasteiger partial charge >= 0.3 is 0 Å². The van der Waals surface area contributed by atoms with Gasteiger partial charge in [-0.3, -0.25) is 4.79 Å². The van der Waals surface area contributed by atoms with E-state index in [1.807, 2.05) is 0 Å². The van der Waals surface area contributed by atoms with Crippen LogP contribution in [-0.2, 0) is 21.4 Å². The summed E-state index contributed by atoms with van der Waals surface area (Å²) >= 11 is 0. The lowest BCUT2D eigenvalue weighted by Gasteiger charge is -2.17. The quantitative estimate of drug-likeness (QED) is 0.816. The van der Waals surface area contributed by atoms with E-state index in [4.69, 9.17) is 9.15 Å². The molecule has 2 rings (SSSR count). The first-order chi connectivity index (χ1) is 11.3. The predicted molar refractivity (Wildman–Crippen MR) is 88.1 cm³/mol. The fraction of sp³-hybridized carbons (Fsp3) is 0.312. The summed E-state index contributed by atoms with van der Waals surface area (Å²) < 4.78 is 36.3. The number of rotatable bonds is 7. The van der Waals surface area contributed by atoms with E-state index in [0.29, 0.717) is 17.1 Å². The van der Waals surface area contributed by atoms with E-state index in [1.165, 1.54) is 32.6 Å². The topological polar surface area (TPSA) is 88.9 Å². The first-order valence-corrected chi connectivity index (χ1v) is 8.68. The van der Waals surface area contributed by atoms with Gasteiger partial charge in [0.05, 0.1) is 31.4 Å². The normalized spacial score (nSPS) is 11.5. The Morgan fingerprint density at radius 2 is 2.08 bits per heavy atom. The van der Waals surface area contributed by atoms with E-state index in [1.54, 1.807) is 25.1 Å². The zero-order valence-corrected chi connectivity index (χ0v) is 14.6. The molecule has 0 saturated carbocycles. The van der Waals surface area contributed by atoms with Gasteiger partial charge in [-0.2, -0.15) is 4.31 Å². The van der Waals surface area contributed by atoms with Crippen LogP contribution in [0.1, 0.15) is 11.3 Å². The number of nitrogens with one attached hydrogen (secondary N) is 1. The van der Waals surface area contributed by atoms with E-state index in [0.717, 1.165) is 4.31 Å². The number of carbonyl (C=O) groups is 1. The highest BCUT2D eigenvalue weighted by Crippen LogP contribution is 2.23. The van der Waals surface area contributed by atoms with E-state index in [9.17, 15) is 13.2 Å². The van der Waals surface area contributed by atoms with Gasteiger partial charge < -0.3 is 14.5 Å². The van der Waals surface area contributed by atoms with Crippen molar-refractivity contribution in [3.05, 3.63) is 47.9 Å². The van der Waals surface area contributed by atoms with Gasteiger partial charge in [0.1, 0.15) is 11.5 Å². The molecule has 1 aromatic carbocycles. The highest BCUT2D eigenvalue weighted by Gasteiger charge is 2.23. The van der Waals surface area contributed by atoms with Crippen molar-refractivity contribution in [1.82, 2.24) is 9.62 Å². The summed E-state index contributed by atoms with van der Waals surface area (Å²) in [5.74, 6) is 0.787. The van der Waals surface area contributed by atoms with Crippen molar-refractivity contribution in [1.29, 1.82) is 0 Å². The van der Waals surface area contributed by atoms with E-state index < -0.39 is 15.9 Å².